The third-order valence-corrected chi connectivity index (χ3v) is 6.86. The van der Waals surface area contributed by atoms with Gasteiger partial charge in [0.05, 0.1) is 19.3 Å². The average Bonchev–Trinajstić information content (AvgIpc) is 3.12. The molecule has 18 heteroatoms. The molecule has 0 aromatic rings. The fraction of sp³-hybridized carbons (Fsp3) is 0.538. The van der Waals surface area contributed by atoms with Crippen LogP contribution in [0, 0.1) is 0 Å². The Hall–Kier alpha value is -2.96. The molecule has 4 amide bonds. The summed E-state index contributed by atoms with van der Waals surface area (Å²) in [4.78, 5) is 73.1. The van der Waals surface area contributed by atoms with E-state index in [4.69, 9.17) is 10.5 Å². The van der Waals surface area contributed by atoms with Crippen LogP contribution >= 0.6 is 0 Å². The summed E-state index contributed by atoms with van der Waals surface area (Å²) in [6, 6.07) is 0. The molecule has 2 aliphatic rings. The third-order valence-electron chi connectivity index (χ3n) is 4.69. The topological polar surface area (TPSA) is 258 Å². The van der Waals surface area contributed by atoms with Crippen molar-refractivity contribution in [2.75, 3.05) is 0 Å². The van der Waals surface area contributed by atoms with E-state index in [1.807, 2.05) is 0 Å². The maximum absolute atomic E-state index is 12.6. The highest BCUT2D eigenvalue weighted by molar-refractivity contribution is 7.87. The van der Waals surface area contributed by atoms with Crippen molar-refractivity contribution in [1.29, 1.82) is 1.43 Å². The van der Waals surface area contributed by atoms with Crippen molar-refractivity contribution in [2.24, 2.45) is 0 Å². The number of amides is 4. The van der Waals surface area contributed by atoms with Crippen molar-refractivity contribution in [1.82, 2.24) is 9.80 Å². The molecule has 2 saturated heterocycles. The summed E-state index contributed by atoms with van der Waals surface area (Å²) in [7, 11) is -10.5. The fourth-order valence-corrected chi connectivity index (χ4v) is 4.78. The van der Waals surface area contributed by atoms with Gasteiger partial charge in [0.1, 0.15) is 0 Å². The maximum atomic E-state index is 12.6. The zero-order chi connectivity index (χ0) is 24.8. The summed E-state index contributed by atoms with van der Waals surface area (Å²) in [6.45, 7) is 0. The van der Waals surface area contributed by atoms with E-state index in [1.54, 1.807) is 0 Å². The lowest BCUT2D eigenvalue weighted by Gasteiger charge is -2.42. The van der Waals surface area contributed by atoms with Gasteiger partial charge in [-0.3, -0.25) is 33.1 Å². The largest absolute Gasteiger partial charge is 0.481 e. The first-order valence-corrected chi connectivity index (χ1v) is 11.1. The van der Waals surface area contributed by atoms with Crippen molar-refractivity contribution in [3.05, 3.63) is 0 Å². The second-order valence-electron chi connectivity index (χ2n) is 6.54. The molecule has 31 heavy (non-hydrogen) atoms. The molecule has 4 N–H and O–H groups in total. The first kappa shape index (κ1) is 22.7. The fourth-order valence-electron chi connectivity index (χ4n) is 3.35. The normalized spacial score (nSPS) is 24.9. The highest BCUT2D eigenvalue weighted by Gasteiger charge is 2.66. The number of nitrogens with zero attached hydrogens (tertiary/aromatic N) is 2. The van der Waals surface area contributed by atoms with Crippen molar-refractivity contribution in [3.63, 3.8) is 0 Å². The Morgan fingerprint density at radius 2 is 1.32 bits per heavy atom. The van der Waals surface area contributed by atoms with E-state index in [0.717, 1.165) is 0 Å². The second-order valence-corrected chi connectivity index (χ2v) is 9.74. The molecule has 0 aromatic carbocycles. The van der Waals surface area contributed by atoms with Gasteiger partial charge in [-0.2, -0.15) is 16.8 Å². The summed E-state index contributed by atoms with van der Waals surface area (Å²) < 4.78 is 70.6. The number of carboxylic acid groups (broad SMARTS) is 2. The van der Waals surface area contributed by atoms with Crippen molar-refractivity contribution >= 4 is 55.8 Å². The molecular weight excluding hydrogens is 472 g/mol. The predicted octanol–water partition coefficient (Wildman–Crippen LogP) is -3.34. The smallest absolute Gasteiger partial charge is 0.351 e. The predicted molar refractivity (Wildman–Crippen MR) is 90.8 cm³/mol. The molecule has 16 nitrogen and oxygen atoms in total. The molecular formula is C13H14N2O14S2. The Morgan fingerprint density at radius 3 is 1.58 bits per heavy atom. The standard InChI is InChI=1S/C13H14N2O14S2/c16-7-3-5(30(24,25)26)10(20)14(7)13(12(22)23,2-1-9(18)19)15-8(17)4-6(11(15)21)31(27,28)29/h5-6H,1-4H2,(H,18,19)(H,22,23)(H,24,25,26)(H,27,28,29)/i/hD. The van der Waals surface area contributed by atoms with Crippen molar-refractivity contribution < 1.29 is 64.9 Å². The first-order valence-electron chi connectivity index (χ1n) is 8.46. The Morgan fingerprint density at radius 1 is 0.935 bits per heavy atom. The number of hydrogen-bond donors (Lipinski definition) is 4. The molecule has 2 rings (SSSR count). The second kappa shape index (κ2) is 7.62. The number of carbonyl (C=O) groups is 6. The van der Waals surface area contributed by atoms with Crippen LogP contribution in [0.25, 0.3) is 1.43 Å². The summed E-state index contributed by atoms with van der Waals surface area (Å²) in [6.07, 6.45) is -5.05. The lowest BCUT2D eigenvalue weighted by molar-refractivity contribution is -0.184. The lowest BCUT2D eigenvalue weighted by atomic mass is 9.99. The molecule has 0 bridgehead atoms. The molecule has 0 radical (unpaired) electrons. The van der Waals surface area contributed by atoms with Gasteiger partial charge in [0, 0.05) is 6.42 Å². The highest BCUT2D eigenvalue weighted by Crippen LogP contribution is 2.38. The van der Waals surface area contributed by atoms with Gasteiger partial charge in [-0.1, -0.05) is 0 Å². The van der Waals surface area contributed by atoms with E-state index in [1.165, 1.54) is 0 Å². The molecule has 2 unspecified atom stereocenters. The van der Waals surface area contributed by atoms with Crippen LogP contribution in [0.4, 0.5) is 0 Å². The zero-order valence-electron chi connectivity index (χ0n) is 16.0. The van der Waals surface area contributed by atoms with Crippen LogP contribution in [-0.2, 0) is 49.0 Å². The highest BCUT2D eigenvalue weighted by atomic mass is 32.2. The molecule has 2 atom stereocenters. The van der Waals surface area contributed by atoms with Gasteiger partial charge in [-0.25, -0.2) is 14.6 Å². The Kier molecular flexibility index (Phi) is 5.59. The molecule has 2 fully saturated rings. The number of likely N-dealkylation sites (tertiary alicyclic amines) is 2. The SMILES string of the molecule is [2H]OC(=O)CCC(C(=O)O)(N1C(=O)CC(S(=O)(=O)O)C1=O)N1C(=O)CC(S(=O)(=O)O)C1=O. The third kappa shape index (κ3) is 4.01. The number of carboxylic acids is 2. The van der Waals surface area contributed by atoms with E-state index in [0.29, 0.717) is 0 Å². The molecule has 0 spiro atoms. The summed E-state index contributed by atoms with van der Waals surface area (Å²) in [5.41, 5.74) is -3.48. The Bertz CT molecular complexity index is 1060. The number of carbonyl (C=O) groups excluding carboxylic acids is 4. The Labute approximate surface area is 174 Å². The molecule has 0 aliphatic carbocycles. The van der Waals surface area contributed by atoms with Crippen LogP contribution in [0.5, 0.6) is 0 Å². The molecule has 2 aliphatic heterocycles. The molecule has 172 valence electrons. The monoisotopic (exact) mass is 487 g/mol. The maximum Gasteiger partial charge on any atom is 0.351 e. The number of hydrogen-bond acceptors (Lipinski definition) is 11. The van der Waals surface area contributed by atoms with Gasteiger partial charge >= 0.3 is 11.9 Å². The van der Waals surface area contributed by atoms with Crippen molar-refractivity contribution in [3.8, 4) is 0 Å². The number of imide groups is 2. The summed E-state index contributed by atoms with van der Waals surface area (Å²) in [5.74, 6) is -10.8. The number of rotatable bonds is 8. The van der Waals surface area contributed by atoms with Crippen LogP contribution in [0.3, 0.4) is 0 Å². The minimum atomic E-state index is -5.27. The van der Waals surface area contributed by atoms with Gasteiger partial charge in [0.25, 0.3) is 33.5 Å². The summed E-state index contributed by atoms with van der Waals surface area (Å²) >= 11 is 0. The zero-order valence-corrected chi connectivity index (χ0v) is 16.7. The minimum Gasteiger partial charge on any atom is -0.481 e. The van der Waals surface area contributed by atoms with Crippen LogP contribution < -0.4 is 0 Å². The van der Waals surface area contributed by atoms with Gasteiger partial charge in [0.15, 0.2) is 10.5 Å². The Balaban J connectivity index is 2.76. The van der Waals surface area contributed by atoms with Gasteiger partial charge in [0.2, 0.25) is 17.5 Å². The van der Waals surface area contributed by atoms with Gasteiger partial charge < -0.3 is 10.2 Å². The quantitative estimate of drug-likeness (QED) is 0.193. The first-order chi connectivity index (χ1) is 14.5. The molecule has 0 saturated carbocycles. The van der Waals surface area contributed by atoms with E-state index >= 15 is 0 Å². The van der Waals surface area contributed by atoms with Gasteiger partial charge in [-0.15, -0.1) is 0 Å². The molecule has 0 aromatic heterocycles. The van der Waals surface area contributed by atoms with Gasteiger partial charge in [-0.05, 0) is 0 Å². The van der Waals surface area contributed by atoms with Crippen molar-refractivity contribution in [2.45, 2.75) is 41.8 Å². The minimum absolute atomic E-state index is 0.354. The van der Waals surface area contributed by atoms with E-state index in [9.17, 15) is 50.7 Å². The van der Waals surface area contributed by atoms with E-state index < -0.39 is 97.6 Å². The summed E-state index contributed by atoms with van der Waals surface area (Å²) in [5, 5.41) is 8.42. The van der Waals surface area contributed by atoms with Crippen LogP contribution in [0.2, 0.25) is 0 Å². The average molecular weight is 487 g/mol. The van der Waals surface area contributed by atoms with E-state index in [2.05, 4.69) is 5.11 Å². The number of aliphatic carboxylic acids is 2. The van der Waals surface area contributed by atoms with E-state index in [-0.39, 0.29) is 9.80 Å². The van der Waals surface area contributed by atoms with Crippen LogP contribution in [0.1, 0.15) is 25.7 Å². The molecule has 2 heterocycles. The van der Waals surface area contributed by atoms with Crippen LogP contribution in [-0.4, -0.2) is 97.7 Å². The van der Waals surface area contributed by atoms with Crippen LogP contribution in [0.15, 0.2) is 0 Å². The lowest BCUT2D eigenvalue weighted by Crippen LogP contribution is -2.69.